The van der Waals surface area contributed by atoms with Crippen LogP contribution >= 0.6 is 0 Å². The third kappa shape index (κ3) is 4.59. The maximum Gasteiger partial charge on any atom is 0.307 e. The van der Waals surface area contributed by atoms with E-state index in [-0.39, 0.29) is 18.8 Å². The number of ether oxygens (including phenoxy) is 1. The average molecular weight is 303 g/mol. The number of anilines is 1. The fourth-order valence-electron chi connectivity index (χ4n) is 1.78. The van der Waals surface area contributed by atoms with Crippen molar-refractivity contribution >= 4 is 17.6 Å². The number of rotatable bonds is 6. The van der Waals surface area contributed by atoms with Crippen molar-refractivity contribution in [1.82, 2.24) is 0 Å². The first-order chi connectivity index (χ1) is 10.5. The molecule has 2 rings (SSSR count). The number of para-hydroxylation sites is 1. The van der Waals surface area contributed by atoms with Gasteiger partial charge in [-0.3, -0.25) is 9.59 Å². The van der Waals surface area contributed by atoms with Crippen molar-refractivity contribution in [2.45, 2.75) is 6.42 Å². The minimum absolute atomic E-state index is 0.00876. The molecular weight excluding hydrogens is 289 g/mol. The molecule has 0 aliphatic rings. The largest absolute Gasteiger partial charge is 0.481 e. The van der Waals surface area contributed by atoms with E-state index in [1.807, 2.05) is 0 Å². The molecule has 5 nitrogen and oxygen atoms in total. The van der Waals surface area contributed by atoms with Gasteiger partial charge in [0.25, 0.3) is 5.91 Å². The van der Waals surface area contributed by atoms with Crippen molar-refractivity contribution in [3.05, 3.63) is 59.9 Å². The summed E-state index contributed by atoms with van der Waals surface area (Å²) in [5.41, 5.74) is 1.14. The number of halogens is 1. The van der Waals surface area contributed by atoms with E-state index in [1.54, 1.807) is 30.3 Å². The van der Waals surface area contributed by atoms with Gasteiger partial charge in [-0.1, -0.05) is 24.3 Å². The summed E-state index contributed by atoms with van der Waals surface area (Å²) >= 11 is 0. The molecule has 0 unspecified atom stereocenters. The van der Waals surface area contributed by atoms with Crippen molar-refractivity contribution in [2.24, 2.45) is 0 Å². The molecule has 2 aromatic carbocycles. The number of nitrogens with one attached hydrogen (secondary N) is 1. The predicted octanol–water partition coefficient (Wildman–Crippen LogP) is 2.47. The van der Waals surface area contributed by atoms with Crippen molar-refractivity contribution in [3.63, 3.8) is 0 Å². The molecule has 1 amide bonds. The van der Waals surface area contributed by atoms with Gasteiger partial charge in [0.05, 0.1) is 6.42 Å². The van der Waals surface area contributed by atoms with Gasteiger partial charge in [0, 0.05) is 5.69 Å². The topological polar surface area (TPSA) is 75.6 Å². The first kappa shape index (κ1) is 15.5. The Kier molecular flexibility index (Phi) is 5.08. The number of carbonyl (C=O) groups excluding carboxylic acids is 1. The molecule has 0 aliphatic carbocycles. The second-order valence-corrected chi connectivity index (χ2v) is 4.53. The van der Waals surface area contributed by atoms with Gasteiger partial charge >= 0.3 is 5.97 Å². The SMILES string of the molecule is O=C(O)Cc1ccc(NC(=O)COc2ccccc2F)cc1. The Bertz CT molecular complexity index is 670. The van der Waals surface area contributed by atoms with Gasteiger partial charge in [0.1, 0.15) is 0 Å². The monoisotopic (exact) mass is 303 g/mol. The number of aliphatic carboxylic acids is 1. The molecule has 2 N–H and O–H groups in total. The molecule has 6 heteroatoms. The minimum atomic E-state index is -0.921. The van der Waals surface area contributed by atoms with E-state index in [0.717, 1.165) is 0 Å². The number of hydrogen-bond acceptors (Lipinski definition) is 3. The number of hydrogen-bond donors (Lipinski definition) is 2. The lowest BCUT2D eigenvalue weighted by Gasteiger charge is -2.08. The highest BCUT2D eigenvalue weighted by Crippen LogP contribution is 2.15. The zero-order valence-electron chi connectivity index (χ0n) is 11.6. The van der Waals surface area contributed by atoms with Crippen LogP contribution in [0.5, 0.6) is 5.75 Å². The van der Waals surface area contributed by atoms with Crippen LogP contribution in [0.4, 0.5) is 10.1 Å². The van der Waals surface area contributed by atoms with Gasteiger partial charge in [0.15, 0.2) is 18.2 Å². The highest BCUT2D eigenvalue weighted by Gasteiger charge is 2.07. The third-order valence-corrected chi connectivity index (χ3v) is 2.79. The Morgan fingerprint density at radius 1 is 1.09 bits per heavy atom. The molecule has 0 heterocycles. The molecule has 0 bridgehead atoms. The molecule has 0 aliphatic heterocycles. The Balaban J connectivity index is 1.87. The van der Waals surface area contributed by atoms with Gasteiger partial charge in [0.2, 0.25) is 0 Å². The quantitative estimate of drug-likeness (QED) is 0.859. The zero-order chi connectivity index (χ0) is 15.9. The smallest absolute Gasteiger partial charge is 0.307 e. The van der Waals surface area contributed by atoms with Gasteiger partial charge in [-0.05, 0) is 29.8 Å². The maximum absolute atomic E-state index is 13.3. The summed E-state index contributed by atoms with van der Waals surface area (Å²) in [5.74, 6) is -1.88. The predicted molar refractivity (Wildman–Crippen MR) is 78.3 cm³/mol. The maximum atomic E-state index is 13.3. The highest BCUT2D eigenvalue weighted by atomic mass is 19.1. The lowest BCUT2D eigenvalue weighted by atomic mass is 10.1. The first-order valence-electron chi connectivity index (χ1n) is 6.52. The van der Waals surface area contributed by atoms with Gasteiger partial charge < -0.3 is 15.2 Å². The first-order valence-corrected chi connectivity index (χ1v) is 6.52. The standard InChI is InChI=1S/C16H14FNO4/c17-13-3-1-2-4-14(13)22-10-15(19)18-12-7-5-11(6-8-12)9-16(20)21/h1-8H,9-10H2,(H,18,19)(H,20,21). The molecule has 2 aromatic rings. The Morgan fingerprint density at radius 2 is 1.77 bits per heavy atom. The van der Waals surface area contributed by atoms with Crippen LogP contribution < -0.4 is 10.1 Å². The molecule has 0 saturated heterocycles. The van der Waals surface area contributed by atoms with Crippen LogP contribution in [0.2, 0.25) is 0 Å². The number of amides is 1. The molecular formula is C16H14FNO4. The second kappa shape index (κ2) is 7.21. The van der Waals surface area contributed by atoms with Gasteiger partial charge in [-0.15, -0.1) is 0 Å². The van der Waals surface area contributed by atoms with Crippen molar-refractivity contribution < 1.29 is 23.8 Å². The second-order valence-electron chi connectivity index (χ2n) is 4.53. The van der Waals surface area contributed by atoms with Gasteiger partial charge in [-0.2, -0.15) is 0 Å². The summed E-state index contributed by atoms with van der Waals surface area (Å²) in [6.45, 7) is -0.322. The van der Waals surface area contributed by atoms with E-state index in [4.69, 9.17) is 9.84 Å². The minimum Gasteiger partial charge on any atom is -0.481 e. The lowest BCUT2D eigenvalue weighted by Crippen LogP contribution is -2.20. The molecule has 0 fully saturated rings. The van der Waals surface area contributed by atoms with Crippen LogP contribution in [-0.4, -0.2) is 23.6 Å². The van der Waals surface area contributed by atoms with Crippen molar-refractivity contribution in [1.29, 1.82) is 0 Å². The normalized spacial score (nSPS) is 10.0. The average Bonchev–Trinajstić information content (AvgIpc) is 2.48. The van der Waals surface area contributed by atoms with E-state index in [1.165, 1.54) is 18.2 Å². The number of benzene rings is 2. The third-order valence-electron chi connectivity index (χ3n) is 2.79. The molecule has 114 valence electrons. The van der Waals surface area contributed by atoms with E-state index in [9.17, 15) is 14.0 Å². The van der Waals surface area contributed by atoms with E-state index >= 15 is 0 Å². The Morgan fingerprint density at radius 3 is 2.41 bits per heavy atom. The van der Waals surface area contributed by atoms with Crippen LogP contribution in [0.3, 0.4) is 0 Å². The molecule has 0 saturated carbocycles. The highest BCUT2D eigenvalue weighted by molar-refractivity contribution is 5.91. The number of carboxylic acid groups (broad SMARTS) is 1. The van der Waals surface area contributed by atoms with Crippen molar-refractivity contribution in [3.8, 4) is 5.75 Å². The van der Waals surface area contributed by atoms with Crippen LogP contribution in [0, 0.1) is 5.82 Å². The summed E-state index contributed by atoms with van der Waals surface area (Å²) in [7, 11) is 0. The van der Waals surface area contributed by atoms with E-state index in [2.05, 4.69) is 5.32 Å². The van der Waals surface area contributed by atoms with Crippen LogP contribution in [0.15, 0.2) is 48.5 Å². The number of carboxylic acids is 1. The summed E-state index contributed by atoms with van der Waals surface area (Å²) in [5, 5.41) is 11.2. The zero-order valence-corrected chi connectivity index (χ0v) is 11.6. The van der Waals surface area contributed by atoms with Crippen LogP contribution in [-0.2, 0) is 16.0 Å². The van der Waals surface area contributed by atoms with Gasteiger partial charge in [-0.25, -0.2) is 4.39 Å². The molecule has 22 heavy (non-hydrogen) atoms. The van der Waals surface area contributed by atoms with E-state index < -0.39 is 17.7 Å². The fraction of sp³-hybridized carbons (Fsp3) is 0.125. The Hall–Kier alpha value is -2.89. The summed E-state index contributed by atoms with van der Waals surface area (Å²) < 4.78 is 18.4. The van der Waals surface area contributed by atoms with E-state index in [0.29, 0.717) is 11.3 Å². The molecule has 0 spiro atoms. The molecule has 0 atom stereocenters. The fourth-order valence-corrected chi connectivity index (χ4v) is 1.78. The summed E-state index contributed by atoms with van der Waals surface area (Å²) in [4.78, 5) is 22.3. The molecule has 0 radical (unpaired) electrons. The van der Waals surface area contributed by atoms with Crippen molar-refractivity contribution in [2.75, 3.05) is 11.9 Å². The van der Waals surface area contributed by atoms with Crippen LogP contribution in [0.25, 0.3) is 0 Å². The summed E-state index contributed by atoms with van der Waals surface area (Å²) in [6, 6.07) is 12.2. The molecule has 0 aromatic heterocycles. The lowest BCUT2D eigenvalue weighted by molar-refractivity contribution is -0.136. The summed E-state index contributed by atoms with van der Waals surface area (Å²) in [6.07, 6.45) is -0.0787. The Labute approximate surface area is 126 Å². The van der Waals surface area contributed by atoms with Crippen LogP contribution in [0.1, 0.15) is 5.56 Å². The number of carbonyl (C=O) groups is 2.